The summed E-state index contributed by atoms with van der Waals surface area (Å²) in [5.74, 6) is -0.465. The third-order valence-corrected chi connectivity index (χ3v) is 6.51. The van der Waals surface area contributed by atoms with Gasteiger partial charge in [0, 0.05) is 27.8 Å². The van der Waals surface area contributed by atoms with Crippen LogP contribution in [0.1, 0.15) is 44.1 Å². The first-order chi connectivity index (χ1) is 11.5. The number of carbonyl (C=O) groups is 2. The van der Waals surface area contributed by atoms with Crippen LogP contribution < -0.4 is 11.5 Å². The minimum absolute atomic E-state index is 0.0969. The zero-order valence-corrected chi connectivity index (χ0v) is 14.6. The van der Waals surface area contributed by atoms with Crippen LogP contribution in [0.25, 0.3) is 20.7 Å². The van der Waals surface area contributed by atoms with E-state index in [4.69, 9.17) is 11.5 Å². The van der Waals surface area contributed by atoms with Crippen LogP contribution in [0.4, 0.5) is 5.69 Å². The molecule has 3 aromatic heterocycles. The van der Waals surface area contributed by atoms with Crippen molar-refractivity contribution < 1.29 is 9.59 Å². The number of ketones is 1. The summed E-state index contributed by atoms with van der Waals surface area (Å²) in [5.41, 5.74) is 15.4. The number of fused-ring (bicyclic) bond motifs is 2. The number of nitrogens with two attached hydrogens (primary N) is 2. The van der Waals surface area contributed by atoms with Gasteiger partial charge in [-0.05, 0) is 36.8 Å². The number of pyridine rings is 1. The molecule has 122 valence electrons. The van der Waals surface area contributed by atoms with Crippen molar-refractivity contribution in [2.75, 3.05) is 5.73 Å². The molecular formula is C17H15N3O2S2. The molecule has 0 unspecified atom stereocenters. The molecule has 0 aromatic carbocycles. The zero-order valence-electron chi connectivity index (χ0n) is 13.0. The number of thiophene rings is 2. The Bertz CT molecular complexity index is 1020. The monoisotopic (exact) mass is 357 g/mol. The van der Waals surface area contributed by atoms with E-state index < -0.39 is 5.91 Å². The third kappa shape index (κ3) is 2.08. The van der Waals surface area contributed by atoms with Crippen molar-refractivity contribution in [3.63, 3.8) is 0 Å². The number of nitrogen functional groups attached to an aromatic ring is 1. The molecule has 24 heavy (non-hydrogen) atoms. The molecule has 0 saturated heterocycles. The molecule has 0 radical (unpaired) electrons. The molecule has 0 bridgehead atoms. The fourth-order valence-corrected chi connectivity index (χ4v) is 5.22. The molecule has 1 amide bonds. The van der Waals surface area contributed by atoms with E-state index in [-0.39, 0.29) is 5.78 Å². The molecule has 5 nitrogen and oxygen atoms in total. The van der Waals surface area contributed by atoms with Gasteiger partial charge in [-0.25, -0.2) is 4.98 Å². The van der Waals surface area contributed by atoms with Crippen molar-refractivity contribution in [3.8, 4) is 10.4 Å². The molecule has 0 saturated carbocycles. The summed E-state index contributed by atoms with van der Waals surface area (Å²) in [4.78, 5) is 31.0. The maximum atomic E-state index is 12.6. The van der Waals surface area contributed by atoms with Crippen molar-refractivity contribution in [1.29, 1.82) is 0 Å². The average Bonchev–Trinajstić information content (AvgIpc) is 3.10. The number of anilines is 1. The van der Waals surface area contributed by atoms with E-state index in [0.29, 0.717) is 32.8 Å². The minimum Gasteiger partial charge on any atom is -0.397 e. The van der Waals surface area contributed by atoms with Crippen LogP contribution in [-0.4, -0.2) is 16.7 Å². The van der Waals surface area contributed by atoms with E-state index in [0.717, 1.165) is 34.5 Å². The highest BCUT2D eigenvalue weighted by atomic mass is 32.1. The molecule has 0 fully saturated rings. The quantitative estimate of drug-likeness (QED) is 0.733. The summed E-state index contributed by atoms with van der Waals surface area (Å²) < 4.78 is 0. The Kier molecular flexibility index (Phi) is 3.43. The highest BCUT2D eigenvalue weighted by molar-refractivity contribution is 7.21. The van der Waals surface area contributed by atoms with Crippen LogP contribution in [0.3, 0.4) is 0 Å². The summed E-state index contributed by atoms with van der Waals surface area (Å²) in [5, 5.41) is 2.68. The minimum atomic E-state index is -0.561. The van der Waals surface area contributed by atoms with Gasteiger partial charge in [0.15, 0.2) is 5.78 Å². The van der Waals surface area contributed by atoms with E-state index in [1.165, 1.54) is 11.3 Å². The average molecular weight is 357 g/mol. The molecule has 7 heteroatoms. The third-order valence-electron chi connectivity index (χ3n) is 4.36. The zero-order chi connectivity index (χ0) is 17.0. The molecule has 0 aliphatic heterocycles. The highest BCUT2D eigenvalue weighted by Gasteiger charge is 2.29. The Morgan fingerprint density at radius 3 is 2.75 bits per heavy atom. The first kappa shape index (κ1) is 15.3. The first-order valence-corrected chi connectivity index (χ1v) is 9.31. The molecule has 0 atom stereocenters. The van der Waals surface area contributed by atoms with Crippen LogP contribution in [-0.2, 0) is 6.42 Å². The molecule has 1 aliphatic carbocycles. The first-order valence-electron chi connectivity index (χ1n) is 7.61. The molecule has 1 aliphatic rings. The van der Waals surface area contributed by atoms with Crippen molar-refractivity contribution in [2.45, 2.75) is 26.2 Å². The van der Waals surface area contributed by atoms with Gasteiger partial charge in [0.25, 0.3) is 5.91 Å². The van der Waals surface area contributed by atoms with Crippen LogP contribution in [0, 0.1) is 6.92 Å². The van der Waals surface area contributed by atoms with E-state index in [1.54, 1.807) is 11.3 Å². The van der Waals surface area contributed by atoms with E-state index >= 15 is 0 Å². The van der Waals surface area contributed by atoms with E-state index in [9.17, 15) is 9.59 Å². The van der Waals surface area contributed by atoms with Gasteiger partial charge < -0.3 is 11.5 Å². The summed E-state index contributed by atoms with van der Waals surface area (Å²) in [6.07, 6.45) is 2.08. The number of rotatable bonds is 2. The molecular weight excluding hydrogens is 342 g/mol. The number of aromatic nitrogens is 1. The highest BCUT2D eigenvalue weighted by Crippen LogP contribution is 2.45. The van der Waals surface area contributed by atoms with Gasteiger partial charge in [-0.3, -0.25) is 9.59 Å². The standard InChI is InChI=1S/C17H15N3O2S2/c1-7-5-6-23-14(7)11-10-8(3-2-4-9(10)21)20-17-12(11)13(18)15(24-17)16(19)22/h5-6H,2-4,18H2,1H3,(H2,19,22). The largest absolute Gasteiger partial charge is 0.397 e. The van der Waals surface area contributed by atoms with Crippen molar-refractivity contribution in [3.05, 3.63) is 33.1 Å². The van der Waals surface area contributed by atoms with Gasteiger partial charge >= 0.3 is 0 Å². The fourth-order valence-electron chi connectivity index (χ4n) is 3.26. The van der Waals surface area contributed by atoms with Crippen molar-refractivity contribution >= 4 is 50.3 Å². The molecule has 4 N–H and O–H groups in total. The van der Waals surface area contributed by atoms with Gasteiger partial charge in [-0.1, -0.05) is 0 Å². The summed E-state index contributed by atoms with van der Waals surface area (Å²) in [7, 11) is 0. The van der Waals surface area contributed by atoms with Gasteiger partial charge in [0.05, 0.1) is 11.4 Å². The lowest BCUT2D eigenvalue weighted by molar-refractivity contribution is 0.0970. The summed E-state index contributed by atoms with van der Waals surface area (Å²) in [6.45, 7) is 2.01. The lowest BCUT2D eigenvalue weighted by atomic mass is 9.88. The molecule has 3 aromatic rings. The lowest BCUT2D eigenvalue weighted by Gasteiger charge is -2.18. The van der Waals surface area contributed by atoms with Gasteiger partial charge in [0.2, 0.25) is 0 Å². The van der Waals surface area contributed by atoms with Crippen LogP contribution in [0.5, 0.6) is 0 Å². The number of nitrogens with zero attached hydrogens (tertiary/aromatic N) is 1. The number of carbonyl (C=O) groups excluding carboxylic acids is 2. The number of primary amides is 1. The molecule has 3 heterocycles. The van der Waals surface area contributed by atoms with Gasteiger partial charge in [0.1, 0.15) is 9.71 Å². The Morgan fingerprint density at radius 1 is 1.29 bits per heavy atom. The number of hydrogen-bond donors (Lipinski definition) is 2. The van der Waals surface area contributed by atoms with Crippen LogP contribution in [0.2, 0.25) is 0 Å². The fraction of sp³-hybridized carbons (Fsp3) is 0.235. The van der Waals surface area contributed by atoms with E-state index in [2.05, 4.69) is 4.98 Å². The van der Waals surface area contributed by atoms with Gasteiger partial charge in [-0.15, -0.1) is 22.7 Å². The Labute approximate surface area is 146 Å². The van der Waals surface area contributed by atoms with Crippen molar-refractivity contribution in [1.82, 2.24) is 4.98 Å². The Hall–Kier alpha value is -2.25. The maximum Gasteiger partial charge on any atom is 0.260 e. The normalized spacial score (nSPS) is 14.1. The summed E-state index contributed by atoms with van der Waals surface area (Å²) >= 11 is 2.78. The number of aryl methyl sites for hydroxylation is 2. The second-order valence-electron chi connectivity index (χ2n) is 5.91. The Balaban J connectivity index is 2.20. The SMILES string of the molecule is Cc1ccsc1-c1c2c(nc3sc(C(N)=O)c(N)c13)CCCC2=O. The number of hydrogen-bond acceptors (Lipinski definition) is 6. The number of amides is 1. The maximum absolute atomic E-state index is 12.6. The molecule has 4 rings (SSSR count). The summed E-state index contributed by atoms with van der Waals surface area (Å²) in [6, 6.07) is 2.02. The number of Topliss-reactive ketones (excluding diaryl/α,β-unsaturated/α-hetero) is 1. The smallest absolute Gasteiger partial charge is 0.260 e. The predicted molar refractivity (Wildman–Crippen MR) is 97.9 cm³/mol. The topological polar surface area (TPSA) is 99.1 Å². The van der Waals surface area contributed by atoms with Gasteiger partial charge in [-0.2, -0.15) is 0 Å². The second kappa shape index (κ2) is 5.39. The van der Waals surface area contributed by atoms with Crippen molar-refractivity contribution in [2.24, 2.45) is 5.73 Å². The predicted octanol–water partition coefficient (Wildman–Crippen LogP) is 3.53. The van der Waals surface area contributed by atoms with E-state index in [1.807, 2.05) is 18.4 Å². The second-order valence-corrected chi connectivity index (χ2v) is 7.82. The van der Waals surface area contributed by atoms with Crippen LogP contribution >= 0.6 is 22.7 Å². The lowest BCUT2D eigenvalue weighted by Crippen LogP contribution is -2.14. The molecule has 0 spiro atoms. The Morgan fingerprint density at radius 2 is 2.08 bits per heavy atom. The van der Waals surface area contributed by atoms with Crippen LogP contribution in [0.15, 0.2) is 11.4 Å².